The Morgan fingerprint density at radius 1 is 1.00 bits per heavy atom. The lowest BCUT2D eigenvalue weighted by atomic mass is 10.0. The predicted molar refractivity (Wildman–Crippen MR) is 83.5 cm³/mol. The molecule has 0 fully saturated rings. The van der Waals surface area contributed by atoms with Gasteiger partial charge in [0, 0.05) is 6.04 Å². The number of benzene rings is 2. The summed E-state index contributed by atoms with van der Waals surface area (Å²) in [6.07, 6.45) is 4.84. The average Bonchev–Trinajstić information content (AvgIpc) is 2.43. The van der Waals surface area contributed by atoms with Crippen LogP contribution in [0.25, 0.3) is 6.08 Å². The maximum absolute atomic E-state index is 6.11. The number of rotatable bonds is 4. The molecule has 3 heteroatoms. The molecule has 0 bridgehead atoms. The number of halogens is 2. The third-order valence-electron chi connectivity index (χ3n) is 2.87. The first kappa shape index (κ1) is 14.1. The maximum atomic E-state index is 6.11. The van der Waals surface area contributed by atoms with Crippen LogP contribution in [-0.2, 0) is 0 Å². The highest BCUT2D eigenvalue weighted by atomic mass is 35.5. The van der Waals surface area contributed by atoms with E-state index in [0.29, 0.717) is 10.0 Å². The van der Waals surface area contributed by atoms with Gasteiger partial charge in [-0.25, -0.2) is 0 Å². The highest BCUT2D eigenvalue weighted by Gasteiger charge is 2.02. The Kier molecular flexibility index (Phi) is 5.03. The Morgan fingerprint density at radius 3 is 2.42 bits per heavy atom. The highest BCUT2D eigenvalue weighted by molar-refractivity contribution is 6.42. The van der Waals surface area contributed by atoms with Gasteiger partial charge in [0.25, 0.3) is 0 Å². The molecular weight excluding hydrogens is 277 g/mol. The van der Waals surface area contributed by atoms with Crippen LogP contribution in [-0.4, -0.2) is 0 Å². The van der Waals surface area contributed by atoms with E-state index in [4.69, 9.17) is 28.9 Å². The molecule has 2 N–H and O–H groups in total. The minimum atomic E-state index is 0.0141. The van der Waals surface area contributed by atoms with E-state index in [1.54, 1.807) is 6.07 Å². The van der Waals surface area contributed by atoms with Crippen molar-refractivity contribution in [3.63, 3.8) is 0 Å². The Bertz CT molecular complexity index is 564. The van der Waals surface area contributed by atoms with Crippen molar-refractivity contribution in [3.05, 3.63) is 75.8 Å². The number of hydrogen-bond acceptors (Lipinski definition) is 1. The highest BCUT2D eigenvalue weighted by Crippen LogP contribution is 2.23. The molecule has 0 radical (unpaired) electrons. The average molecular weight is 292 g/mol. The van der Waals surface area contributed by atoms with E-state index in [9.17, 15) is 0 Å². The minimum absolute atomic E-state index is 0.0141. The number of hydrogen-bond donors (Lipinski definition) is 1. The van der Waals surface area contributed by atoms with Crippen molar-refractivity contribution >= 4 is 29.3 Å². The van der Waals surface area contributed by atoms with E-state index >= 15 is 0 Å². The Hall–Kier alpha value is -1.28. The van der Waals surface area contributed by atoms with E-state index in [1.165, 1.54) is 0 Å². The summed E-state index contributed by atoms with van der Waals surface area (Å²) in [6, 6.07) is 15.6. The lowest BCUT2D eigenvalue weighted by molar-refractivity contribution is 0.742. The molecule has 0 spiro atoms. The Morgan fingerprint density at radius 2 is 1.74 bits per heavy atom. The molecule has 1 nitrogen and oxygen atoms in total. The molecule has 0 amide bonds. The van der Waals surface area contributed by atoms with Crippen LogP contribution in [0.1, 0.15) is 23.6 Å². The molecule has 19 heavy (non-hydrogen) atoms. The Balaban J connectivity index is 1.98. The first-order valence-electron chi connectivity index (χ1n) is 6.09. The van der Waals surface area contributed by atoms with Crippen LogP contribution in [0.4, 0.5) is 0 Å². The lowest BCUT2D eigenvalue weighted by Crippen LogP contribution is -2.08. The summed E-state index contributed by atoms with van der Waals surface area (Å²) in [5.74, 6) is 0. The molecule has 2 rings (SSSR count). The van der Waals surface area contributed by atoms with Gasteiger partial charge in [-0.15, -0.1) is 0 Å². The fourth-order valence-corrected chi connectivity index (χ4v) is 2.11. The SMILES string of the molecule is N[C@H](C/C=C/c1ccc(Cl)c(Cl)c1)c1ccccc1. The van der Waals surface area contributed by atoms with Gasteiger partial charge in [-0.05, 0) is 29.7 Å². The molecule has 0 saturated carbocycles. The molecule has 0 aliphatic heterocycles. The molecule has 2 aromatic carbocycles. The summed E-state index contributed by atoms with van der Waals surface area (Å²) in [7, 11) is 0. The van der Waals surface area contributed by atoms with Crippen LogP contribution in [0.2, 0.25) is 10.0 Å². The zero-order valence-electron chi connectivity index (χ0n) is 10.4. The van der Waals surface area contributed by atoms with Gasteiger partial charge in [0.05, 0.1) is 10.0 Å². The second-order valence-electron chi connectivity index (χ2n) is 4.33. The molecule has 98 valence electrons. The number of nitrogens with two attached hydrogens (primary N) is 1. The predicted octanol–water partition coefficient (Wildman–Crippen LogP) is 5.10. The van der Waals surface area contributed by atoms with Crippen molar-refractivity contribution in [2.24, 2.45) is 5.73 Å². The normalized spacial score (nSPS) is 12.8. The van der Waals surface area contributed by atoms with E-state index in [2.05, 4.69) is 6.08 Å². The molecule has 0 heterocycles. The maximum Gasteiger partial charge on any atom is 0.0598 e. The van der Waals surface area contributed by atoms with Crippen molar-refractivity contribution < 1.29 is 0 Å². The van der Waals surface area contributed by atoms with Crippen LogP contribution in [0, 0.1) is 0 Å². The quantitative estimate of drug-likeness (QED) is 0.833. The van der Waals surface area contributed by atoms with Gasteiger partial charge >= 0.3 is 0 Å². The molecule has 0 aliphatic carbocycles. The monoisotopic (exact) mass is 291 g/mol. The fraction of sp³-hybridized carbons (Fsp3) is 0.125. The van der Waals surface area contributed by atoms with Crippen LogP contribution in [0.5, 0.6) is 0 Å². The second kappa shape index (κ2) is 6.76. The van der Waals surface area contributed by atoms with Crippen molar-refractivity contribution in [3.8, 4) is 0 Å². The van der Waals surface area contributed by atoms with E-state index < -0.39 is 0 Å². The van der Waals surface area contributed by atoms with Crippen LogP contribution >= 0.6 is 23.2 Å². The van der Waals surface area contributed by atoms with E-state index in [-0.39, 0.29) is 6.04 Å². The molecule has 0 unspecified atom stereocenters. The van der Waals surface area contributed by atoms with Crippen molar-refractivity contribution in [2.45, 2.75) is 12.5 Å². The molecule has 0 saturated heterocycles. The minimum Gasteiger partial charge on any atom is -0.324 e. The largest absolute Gasteiger partial charge is 0.324 e. The molecular formula is C16H15Cl2N. The van der Waals surface area contributed by atoms with Gasteiger partial charge in [0.15, 0.2) is 0 Å². The smallest absolute Gasteiger partial charge is 0.0598 e. The summed E-state index contributed by atoms with van der Waals surface area (Å²) >= 11 is 11.8. The van der Waals surface area contributed by atoms with E-state index in [0.717, 1.165) is 17.5 Å². The lowest BCUT2D eigenvalue weighted by Gasteiger charge is -2.08. The standard InChI is InChI=1S/C16H15Cl2N/c17-14-10-9-12(11-15(14)18)5-4-8-16(19)13-6-2-1-3-7-13/h1-7,9-11,16H,8,19H2/b5-4+/t16-/m1/s1. The van der Waals surface area contributed by atoms with Crippen LogP contribution in [0.15, 0.2) is 54.6 Å². The molecule has 2 aromatic rings. The Labute approximate surface area is 123 Å². The first-order chi connectivity index (χ1) is 9.16. The zero-order valence-corrected chi connectivity index (χ0v) is 11.9. The van der Waals surface area contributed by atoms with Gasteiger partial charge in [-0.2, -0.15) is 0 Å². The fourth-order valence-electron chi connectivity index (χ4n) is 1.80. The third kappa shape index (κ3) is 4.10. The summed E-state index contributed by atoms with van der Waals surface area (Å²) in [5.41, 5.74) is 8.28. The molecule has 0 aliphatic rings. The van der Waals surface area contributed by atoms with Gasteiger partial charge in [0.1, 0.15) is 0 Å². The van der Waals surface area contributed by atoms with Crippen LogP contribution < -0.4 is 5.73 Å². The van der Waals surface area contributed by atoms with Gasteiger partial charge < -0.3 is 5.73 Å². The van der Waals surface area contributed by atoms with E-state index in [1.807, 2.05) is 48.5 Å². The zero-order chi connectivity index (χ0) is 13.7. The third-order valence-corrected chi connectivity index (χ3v) is 3.61. The van der Waals surface area contributed by atoms with Crippen molar-refractivity contribution in [1.29, 1.82) is 0 Å². The van der Waals surface area contributed by atoms with Gasteiger partial charge in [-0.1, -0.05) is 71.8 Å². The topological polar surface area (TPSA) is 26.0 Å². The van der Waals surface area contributed by atoms with Gasteiger partial charge in [-0.3, -0.25) is 0 Å². The van der Waals surface area contributed by atoms with Crippen molar-refractivity contribution in [1.82, 2.24) is 0 Å². The van der Waals surface area contributed by atoms with Crippen molar-refractivity contribution in [2.75, 3.05) is 0 Å². The first-order valence-corrected chi connectivity index (χ1v) is 6.84. The van der Waals surface area contributed by atoms with Gasteiger partial charge in [0.2, 0.25) is 0 Å². The van der Waals surface area contributed by atoms with Crippen LogP contribution in [0.3, 0.4) is 0 Å². The summed E-state index contributed by atoms with van der Waals surface area (Å²) in [6.45, 7) is 0. The summed E-state index contributed by atoms with van der Waals surface area (Å²) in [4.78, 5) is 0. The molecule has 0 aromatic heterocycles. The summed E-state index contributed by atoms with van der Waals surface area (Å²) in [5, 5.41) is 1.14. The summed E-state index contributed by atoms with van der Waals surface area (Å²) < 4.78 is 0. The second-order valence-corrected chi connectivity index (χ2v) is 5.14. The molecule has 1 atom stereocenters.